The number of benzene rings is 1. The fourth-order valence-corrected chi connectivity index (χ4v) is 2.03. The zero-order valence-corrected chi connectivity index (χ0v) is 9.66. The highest BCUT2D eigenvalue weighted by Gasteiger charge is 2.18. The Hall–Kier alpha value is -0.780. The topological polar surface area (TPSA) is 64.7 Å². The molecule has 1 heterocycles. The number of aliphatic hydroxyl groups is 1. The van der Waals surface area contributed by atoms with Gasteiger partial charge < -0.3 is 20.3 Å². The van der Waals surface area contributed by atoms with Crippen molar-refractivity contribution in [1.82, 2.24) is 0 Å². The van der Waals surface area contributed by atoms with Gasteiger partial charge >= 0.3 is 0 Å². The second-order valence-corrected chi connectivity index (χ2v) is 4.13. The maximum absolute atomic E-state index is 9.61. The van der Waals surface area contributed by atoms with E-state index in [2.05, 4.69) is 15.9 Å². The molecule has 1 atom stereocenters. The number of nitrogens with two attached hydrogens (primary N) is 1. The van der Waals surface area contributed by atoms with E-state index in [0.717, 1.165) is 10.0 Å². The van der Waals surface area contributed by atoms with Gasteiger partial charge in [0.25, 0.3) is 0 Å². The van der Waals surface area contributed by atoms with Gasteiger partial charge in [-0.15, -0.1) is 0 Å². The standard InChI is InChI=1S/C10H12BrNO3/c11-7-3-6(8(13)5-12)4-9-10(7)15-2-1-14-9/h3-4,8,13H,1-2,5,12H2/t8-/m1/s1. The van der Waals surface area contributed by atoms with Crippen LogP contribution in [0.25, 0.3) is 0 Å². The third-order valence-corrected chi connectivity index (χ3v) is 2.82. The Labute approximate surface area is 96.1 Å². The van der Waals surface area contributed by atoms with Gasteiger partial charge in [-0.3, -0.25) is 0 Å². The molecule has 0 saturated heterocycles. The highest BCUT2D eigenvalue weighted by atomic mass is 79.9. The highest BCUT2D eigenvalue weighted by molar-refractivity contribution is 9.10. The summed E-state index contributed by atoms with van der Waals surface area (Å²) in [5.74, 6) is 1.34. The lowest BCUT2D eigenvalue weighted by Crippen LogP contribution is -2.17. The Morgan fingerprint density at radius 2 is 2.13 bits per heavy atom. The molecule has 0 amide bonds. The molecule has 0 aliphatic carbocycles. The zero-order chi connectivity index (χ0) is 10.8. The average molecular weight is 274 g/mol. The molecule has 1 aliphatic heterocycles. The van der Waals surface area contributed by atoms with E-state index in [9.17, 15) is 5.11 Å². The largest absolute Gasteiger partial charge is 0.486 e. The van der Waals surface area contributed by atoms with Gasteiger partial charge in [-0.05, 0) is 33.6 Å². The quantitative estimate of drug-likeness (QED) is 0.850. The van der Waals surface area contributed by atoms with Gasteiger partial charge in [-0.1, -0.05) is 0 Å². The molecule has 82 valence electrons. The van der Waals surface area contributed by atoms with Crippen LogP contribution in [-0.2, 0) is 0 Å². The minimum Gasteiger partial charge on any atom is -0.486 e. The minimum absolute atomic E-state index is 0.187. The molecule has 1 aromatic carbocycles. The molecule has 0 spiro atoms. The fraction of sp³-hybridized carbons (Fsp3) is 0.400. The summed E-state index contributed by atoms with van der Waals surface area (Å²) >= 11 is 3.37. The van der Waals surface area contributed by atoms with Crippen LogP contribution in [0.5, 0.6) is 11.5 Å². The van der Waals surface area contributed by atoms with Crippen LogP contribution in [0, 0.1) is 0 Å². The van der Waals surface area contributed by atoms with Crippen LogP contribution in [0.3, 0.4) is 0 Å². The van der Waals surface area contributed by atoms with E-state index in [1.165, 1.54) is 0 Å². The first-order valence-corrected chi connectivity index (χ1v) is 5.49. The predicted octanol–water partition coefficient (Wildman–Crippen LogP) is 1.21. The average Bonchev–Trinajstić information content (AvgIpc) is 2.28. The summed E-state index contributed by atoms with van der Waals surface area (Å²) in [4.78, 5) is 0. The Balaban J connectivity index is 2.40. The monoisotopic (exact) mass is 273 g/mol. The third-order valence-electron chi connectivity index (χ3n) is 2.23. The molecule has 0 saturated carbocycles. The first-order valence-electron chi connectivity index (χ1n) is 4.69. The molecular formula is C10H12BrNO3. The van der Waals surface area contributed by atoms with Gasteiger partial charge in [0.05, 0.1) is 10.6 Å². The first kappa shape index (κ1) is 10.7. The molecule has 1 aliphatic rings. The highest BCUT2D eigenvalue weighted by Crippen LogP contribution is 2.39. The van der Waals surface area contributed by atoms with Gasteiger partial charge in [0, 0.05) is 6.54 Å². The van der Waals surface area contributed by atoms with Crippen LogP contribution in [0.15, 0.2) is 16.6 Å². The summed E-state index contributed by atoms with van der Waals surface area (Å²) in [6.45, 7) is 1.26. The molecular weight excluding hydrogens is 262 g/mol. The first-order chi connectivity index (χ1) is 7.22. The summed E-state index contributed by atoms with van der Waals surface area (Å²) in [6, 6.07) is 3.56. The summed E-state index contributed by atoms with van der Waals surface area (Å²) < 4.78 is 11.7. The van der Waals surface area contributed by atoms with E-state index in [0.29, 0.717) is 24.7 Å². The molecule has 0 bridgehead atoms. The minimum atomic E-state index is -0.669. The van der Waals surface area contributed by atoms with E-state index in [4.69, 9.17) is 15.2 Å². The Kier molecular flexibility index (Phi) is 3.14. The van der Waals surface area contributed by atoms with E-state index < -0.39 is 6.10 Å². The van der Waals surface area contributed by atoms with Crippen molar-refractivity contribution in [3.8, 4) is 11.5 Å². The van der Waals surface area contributed by atoms with E-state index in [1.54, 1.807) is 12.1 Å². The maximum atomic E-state index is 9.61. The fourth-order valence-electron chi connectivity index (χ4n) is 1.46. The summed E-state index contributed by atoms with van der Waals surface area (Å²) in [5, 5.41) is 9.61. The molecule has 1 aromatic rings. The van der Waals surface area contributed by atoms with Gasteiger partial charge in [0.2, 0.25) is 0 Å². The van der Waals surface area contributed by atoms with E-state index in [-0.39, 0.29) is 6.54 Å². The second kappa shape index (κ2) is 4.38. The third kappa shape index (κ3) is 2.09. The van der Waals surface area contributed by atoms with Gasteiger partial charge in [-0.25, -0.2) is 0 Å². The number of aliphatic hydroxyl groups excluding tert-OH is 1. The molecule has 15 heavy (non-hydrogen) atoms. The van der Waals surface area contributed by atoms with Crippen molar-refractivity contribution < 1.29 is 14.6 Å². The Morgan fingerprint density at radius 1 is 1.40 bits per heavy atom. The van der Waals surface area contributed by atoms with Crippen LogP contribution < -0.4 is 15.2 Å². The number of fused-ring (bicyclic) bond motifs is 1. The smallest absolute Gasteiger partial charge is 0.175 e. The lowest BCUT2D eigenvalue weighted by atomic mass is 10.1. The number of ether oxygens (including phenoxy) is 2. The molecule has 2 rings (SSSR count). The van der Waals surface area contributed by atoms with Gasteiger partial charge in [0.1, 0.15) is 13.2 Å². The summed E-state index contributed by atoms with van der Waals surface area (Å²) in [7, 11) is 0. The molecule has 0 unspecified atom stereocenters. The second-order valence-electron chi connectivity index (χ2n) is 3.28. The van der Waals surface area contributed by atoms with Crippen LogP contribution >= 0.6 is 15.9 Å². The molecule has 0 fully saturated rings. The van der Waals surface area contributed by atoms with Crippen LogP contribution in [0.1, 0.15) is 11.7 Å². The Bertz CT molecular complexity index is 370. The molecule has 3 N–H and O–H groups in total. The van der Waals surface area contributed by atoms with Crippen LogP contribution in [-0.4, -0.2) is 24.9 Å². The summed E-state index contributed by atoms with van der Waals surface area (Å²) in [5.41, 5.74) is 6.12. The summed E-state index contributed by atoms with van der Waals surface area (Å²) in [6.07, 6.45) is -0.669. The van der Waals surface area contributed by atoms with Gasteiger partial charge in [-0.2, -0.15) is 0 Å². The van der Waals surface area contributed by atoms with Crippen molar-refractivity contribution in [3.63, 3.8) is 0 Å². The molecule has 0 aromatic heterocycles. The van der Waals surface area contributed by atoms with Crippen LogP contribution in [0.2, 0.25) is 0 Å². The molecule has 0 radical (unpaired) electrons. The maximum Gasteiger partial charge on any atom is 0.175 e. The van der Waals surface area contributed by atoms with Crippen molar-refractivity contribution in [2.24, 2.45) is 5.73 Å². The number of hydrogen-bond donors (Lipinski definition) is 2. The predicted molar refractivity (Wildman–Crippen MR) is 59.1 cm³/mol. The SMILES string of the molecule is NC[C@@H](O)c1cc(Br)c2c(c1)OCCO2. The lowest BCUT2D eigenvalue weighted by molar-refractivity contribution is 0.165. The normalized spacial score (nSPS) is 16.2. The van der Waals surface area contributed by atoms with Crippen molar-refractivity contribution >= 4 is 15.9 Å². The van der Waals surface area contributed by atoms with Crippen molar-refractivity contribution in [3.05, 3.63) is 22.2 Å². The number of hydrogen-bond acceptors (Lipinski definition) is 4. The van der Waals surface area contributed by atoms with E-state index >= 15 is 0 Å². The molecule has 5 heteroatoms. The van der Waals surface area contributed by atoms with Crippen LogP contribution in [0.4, 0.5) is 0 Å². The van der Waals surface area contributed by atoms with Crippen molar-refractivity contribution in [2.45, 2.75) is 6.10 Å². The lowest BCUT2D eigenvalue weighted by Gasteiger charge is -2.21. The van der Waals surface area contributed by atoms with Crippen molar-refractivity contribution in [2.75, 3.05) is 19.8 Å². The number of halogens is 1. The van der Waals surface area contributed by atoms with E-state index in [1.807, 2.05) is 0 Å². The number of rotatable bonds is 2. The Morgan fingerprint density at radius 3 is 2.87 bits per heavy atom. The zero-order valence-electron chi connectivity index (χ0n) is 8.07. The molecule has 4 nitrogen and oxygen atoms in total. The van der Waals surface area contributed by atoms with Gasteiger partial charge in [0.15, 0.2) is 11.5 Å². The van der Waals surface area contributed by atoms with Crippen molar-refractivity contribution in [1.29, 1.82) is 0 Å².